The van der Waals surface area contributed by atoms with Gasteiger partial charge in [-0.2, -0.15) is 0 Å². The van der Waals surface area contributed by atoms with Crippen LogP contribution in [-0.4, -0.2) is 27.2 Å². The monoisotopic (exact) mass is 490 g/mol. The minimum atomic E-state index is -4.02. The van der Waals surface area contributed by atoms with E-state index in [1.165, 1.54) is 31.0 Å². The van der Waals surface area contributed by atoms with Crippen LogP contribution >= 0.6 is 23.4 Å². The maximum Gasteiger partial charge on any atom is 0.265 e. The summed E-state index contributed by atoms with van der Waals surface area (Å²) < 4.78 is 33.7. The molecule has 0 spiro atoms. The van der Waals surface area contributed by atoms with Crippen molar-refractivity contribution in [3.05, 3.63) is 76.8 Å². The first kappa shape index (κ1) is 24.0. The van der Waals surface area contributed by atoms with Crippen molar-refractivity contribution in [2.24, 2.45) is 0 Å². The van der Waals surface area contributed by atoms with Crippen molar-refractivity contribution in [3.63, 3.8) is 0 Å². The number of sulfonamides is 1. The Balaban J connectivity index is 1.77. The zero-order valence-corrected chi connectivity index (χ0v) is 20.2. The Kier molecular flexibility index (Phi) is 7.71. The van der Waals surface area contributed by atoms with Crippen LogP contribution < -0.4 is 14.8 Å². The molecule has 0 radical (unpaired) electrons. The number of methoxy groups -OCH3 is 1. The van der Waals surface area contributed by atoms with Gasteiger partial charge in [0, 0.05) is 10.6 Å². The summed E-state index contributed by atoms with van der Waals surface area (Å²) in [7, 11) is -2.64. The highest BCUT2D eigenvalue weighted by Crippen LogP contribution is 2.31. The quantitative estimate of drug-likeness (QED) is 0.407. The van der Waals surface area contributed by atoms with Crippen molar-refractivity contribution in [1.82, 2.24) is 0 Å². The van der Waals surface area contributed by atoms with Crippen LogP contribution in [0.15, 0.2) is 70.5 Å². The third kappa shape index (κ3) is 5.97. The lowest BCUT2D eigenvalue weighted by Gasteiger charge is -2.14. The lowest BCUT2D eigenvalue weighted by atomic mass is 10.2. The van der Waals surface area contributed by atoms with Crippen molar-refractivity contribution in [3.8, 4) is 5.75 Å². The Morgan fingerprint density at radius 1 is 1.06 bits per heavy atom. The topological polar surface area (TPSA) is 84.5 Å². The molecule has 0 atom stereocenters. The van der Waals surface area contributed by atoms with Gasteiger partial charge in [0.15, 0.2) is 0 Å². The highest BCUT2D eigenvalue weighted by Gasteiger charge is 2.22. The number of benzene rings is 3. The number of nitrogens with one attached hydrogen (secondary N) is 2. The second kappa shape index (κ2) is 10.3. The first-order chi connectivity index (χ1) is 15.2. The normalized spacial score (nSPS) is 11.1. The van der Waals surface area contributed by atoms with Gasteiger partial charge in [-0.25, -0.2) is 8.42 Å². The molecule has 0 aromatic heterocycles. The van der Waals surface area contributed by atoms with E-state index in [0.29, 0.717) is 5.69 Å². The number of anilines is 2. The molecule has 32 heavy (non-hydrogen) atoms. The maximum absolute atomic E-state index is 13.0. The molecule has 0 aliphatic rings. The molecule has 1 amide bonds. The number of aryl methyl sites for hydroxylation is 2. The molecule has 0 unspecified atom stereocenters. The van der Waals surface area contributed by atoms with E-state index >= 15 is 0 Å². The summed E-state index contributed by atoms with van der Waals surface area (Å²) in [5.74, 6) is 0.0896. The molecule has 3 aromatic carbocycles. The minimum absolute atomic E-state index is 0.111. The zero-order chi connectivity index (χ0) is 23.3. The number of thioether (sulfide) groups is 1. The summed E-state index contributed by atoms with van der Waals surface area (Å²) in [6.07, 6.45) is 0. The summed E-state index contributed by atoms with van der Waals surface area (Å²) >= 11 is 7.51. The average Bonchev–Trinajstić information content (AvgIpc) is 2.76. The fourth-order valence-electron chi connectivity index (χ4n) is 2.91. The summed E-state index contributed by atoms with van der Waals surface area (Å²) in [5, 5.41) is 3.02. The third-order valence-corrected chi connectivity index (χ3v) is 7.43. The summed E-state index contributed by atoms with van der Waals surface area (Å²) in [6.45, 7) is 3.99. The Labute approximate surface area is 197 Å². The fourth-order valence-corrected chi connectivity index (χ4v) is 5.35. The molecule has 6 nitrogen and oxygen atoms in total. The van der Waals surface area contributed by atoms with Gasteiger partial charge in [0.05, 0.1) is 23.6 Å². The predicted octanol–water partition coefficient (Wildman–Crippen LogP) is 5.50. The van der Waals surface area contributed by atoms with E-state index in [1.807, 2.05) is 32.0 Å². The molecular weight excluding hydrogens is 468 g/mol. The van der Waals surface area contributed by atoms with Crippen molar-refractivity contribution in [2.45, 2.75) is 23.6 Å². The van der Waals surface area contributed by atoms with Gasteiger partial charge in [0.25, 0.3) is 10.0 Å². The molecule has 168 valence electrons. The van der Waals surface area contributed by atoms with E-state index in [0.717, 1.165) is 16.0 Å². The number of carbonyl (C=O) groups is 1. The number of ether oxygens (including phenoxy) is 1. The van der Waals surface area contributed by atoms with Crippen molar-refractivity contribution in [2.75, 3.05) is 22.9 Å². The van der Waals surface area contributed by atoms with E-state index in [1.54, 1.807) is 30.3 Å². The Hall–Kier alpha value is -2.68. The van der Waals surface area contributed by atoms with Gasteiger partial charge in [-0.05, 0) is 55.8 Å². The first-order valence-corrected chi connectivity index (χ1v) is 12.5. The van der Waals surface area contributed by atoms with Crippen LogP contribution in [0.1, 0.15) is 11.1 Å². The van der Waals surface area contributed by atoms with Crippen molar-refractivity contribution >= 4 is 50.7 Å². The molecule has 0 aliphatic heterocycles. The molecule has 0 saturated heterocycles. The summed E-state index contributed by atoms with van der Waals surface area (Å²) in [5.41, 5.74) is 2.80. The molecule has 0 heterocycles. The zero-order valence-electron chi connectivity index (χ0n) is 17.8. The third-order valence-electron chi connectivity index (χ3n) is 4.56. The van der Waals surface area contributed by atoms with Crippen LogP contribution in [0.4, 0.5) is 11.4 Å². The smallest absolute Gasteiger partial charge is 0.265 e. The number of carbonyl (C=O) groups excluding carboxylic acids is 1. The largest absolute Gasteiger partial charge is 0.495 e. The van der Waals surface area contributed by atoms with E-state index in [-0.39, 0.29) is 33.0 Å². The van der Waals surface area contributed by atoms with E-state index in [4.69, 9.17) is 16.3 Å². The van der Waals surface area contributed by atoms with E-state index in [9.17, 15) is 13.2 Å². The molecule has 3 rings (SSSR count). The van der Waals surface area contributed by atoms with Gasteiger partial charge >= 0.3 is 0 Å². The van der Waals surface area contributed by atoms with E-state index < -0.39 is 10.0 Å². The van der Waals surface area contributed by atoms with Gasteiger partial charge in [-0.1, -0.05) is 41.4 Å². The first-order valence-electron chi connectivity index (χ1n) is 9.65. The van der Waals surface area contributed by atoms with Gasteiger partial charge in [0.1, 0.15) is 10.6 Å². The van der Waals surface area contributed by atoms with Crippen LogP contribution in [0.2, 0.25) is 5.02 Å². The second-order valence-electron chi connectivity index (χ2n) is 7.06. The maximum atomic E-state index is 13.0. The van der Waals surface area contributed by atoms with Crippen molar-refractivity contribution in [1.29, 1.82) is 0 Å². The predicted molar refractivity (Wildman–Crippen MR) is 131 cm³/mol. The van der Waals surface area contributed by atoms with E-state index in [2.05, 4.69) is 10.0 Å². The average molecular weight is 491 g/mol. The highest BCUT2D eigenvalue weighted by atomic mass is 35.5. The fraction of sp³-hybridized carbons (Fsp3) is 0.174. The number of hydrogen-bond acceptors (Lipinski definition) is 5. The van der Waals surface area contributed by atoms with Gasteiger partial charge in [0.2, 0.25) is 5.91 Å². The van der Waals surface area contributed by atoms with Crippen LogP contribution in [0.3, 0.4) is 0 Å². The van der Waals surface area contributed by atoms with Crippen LogP contribution in [0, 0.1) is 13.8 Å². The van der Waals surface area contributed by atoms with Gasteiger partial charge < -0.3 is 10.1 Å². The minimum Gasteiger partial charge on any atom is -0.495 e. The molecule has 9 heteroatoms. The number of rotatable bonds is 8. The highest BCUT2D eigenvalue weighted by molar-refractivity contribution is 8.00. The van der Waals surface area contributed by atoms with Crippen LogP contribution in [-0.2, 0) is 14.8 Å². The second-order valence-corrected chi connectivity index (χ2v) is 10.1. The van der Waals surface area contributed by atoms with Crippen LogP contribution in [0.5, 0.6) is 5.75 Å². The molecule has 0 bridgehead atoms. The molecule has 2 N–H and O–H groups in total. The standard InChI is InChI=1S/C23H23ClN2O4S2/c1-15-8-9-16(2)21(12-15)31-14-23(27)25-17-10-11-20(30-3)22(13-17)32(28,29)26-19-7-5-4-6-18(19)24/h4-13,26H,14H2,1-3H3,(H,25,27). The number of para-hydroxylation sites is 1. The summed E-state index contributed by atoms with van der Waals surface area (Å²) in [6, 6.07) is 17.0. The number of halogens is 1. The van der Waals surface area contributed by atoms with Gasteiger partial charge in [-0.3, -0.25) is 9.52 Å². The molecular formula is C23H23ClN2O4S2. The van der Waals surface area contributed by atoms with Crippen molar-refractivity contribution < 1.29 is 17.9 Å². The lowest BCUT2D eigenvalue weighted by Crippen LogP contribution is -2.17. The molecule has 0 saturated carbocycles. The molecule has 0 fully saturated rings. The Morgan fingerprint density at radius 2 is 1.81 bits per heavy atom. The molecule has 0 aliphatic carbocycles. The Bertz CT molecular complexity index is 1250. The SMILES string of the molecule is COc1ccc(NC(=O)CSc2cc(C)ccc2C)cc1S(=O)(=O)Nc1ccccc1Cl. The number of amides is 1. The Morgan fingerprint density at radius 3 is 2.53 bits per heavy atom. The lowest BCUT2D eigenvalue weighted by molar-refractivity contribution is -0.113. The molecule has 3 aromatic rings. The van der Waals surface area contributed by atoms with Crippen LogP contribution in [0.25, 0.3) is 0 Å². The summed E-state index contributed by atoms with van der Waals surface area (Å²) in [4.78, 5) is 13.4. The number of hydrogen-bond donors (Lipinski definition) is 2. The van der Waals surface area contributed by atoms with Gasteiger partial charge in [-0.15, -0.1) is 11.8 Å².